The summed E-state index contributed by atoms with van der Waals surface area (Å²) in [6.07, 6.45) is 3.21. The minimum absolute atomic E-state index is 0.102. The molecule has 0 spiro atoms. The highest BCUT2D eigenvalue weighted by Gasteiger charge is 2.35. The third-order valence-corrected chi connectivity index (χ3v) is 3.91. The number of nitrogens with two attached hydrogens (primary N) is 1. The van der Waals surface area contributed by atoms with Crippen LogP contribution < -0.4 is 5.73 Å². The summed E-state index contributed by atoms with van der Waals surface area (Å²) >= 11 is 1.74. The molecule has 0 radical (unpaired) electrons. The maximum absolute atomic E-state index is 11.4. The Hall–Kier alpha value is -0.870. The normalized spacial score (nSPS) is 17.6. The molecule has 0 saturated heterocycles. The van der Waals surface area contributed by atoms with Gasteiger partial charge in [-0.1, -0.05) is 13.0 Å². The van der Waals surface area contributed by atoms with Gasteiger partial charge in [0.15, 0.2) is 0 Å². The van der Waals surface area contributed by atoms with E-state index in [9.17, 15) is 4.79 Å². The quantitative estimate of drug-likeness (QED) is 0.823. The summed E-state index contributed by atoms with van der Waals surface area (Å²) in [7, 11) is 0. The molecule has 1 amide bonds. The van der Waals surface area contributed by atoms with Crippen molar-refractivity contribution in [1.29, 1.82) is 0 Å². The van der Waals surface area contributed by atoms with E-state index in [1.165, 1.54) is 17.7 Å². The highest BCUT2D eigenvalue weighted by Crippen LogP contribution is 2.31. The predicted molar refractivity (Wildman–Crippen MR) is 66.2 cm³/mol. The highest BCUT2D eigenvalue weighted by molar-refractivity contribution is 7.09. The van der Waals surface area contributed by atoms with E-state index in [2.05, 4.69) is 22.4 Å². The van der Waals surface area contributed by atoms with Gasteiger partial charge in [-0.05, 0) is 30.7 Å². The van der Waals surface area contributed by atoms with E-state index in [4.69, 9.17) is 5.73 Å². The minimum Gasteiger partial charge on any atom is -0.368 e. The van der Waals surface area contributed by atoms with Crippen LogP contribution in [0.15, 0.2) is 17.5 Å². The molecular formula is C12H18N2OS. The summed E-state index contributed by atoms with van der Waals surface area (Å²) in [5.41, 5.74) is 5.47. The van der Waals surface area contributed by atoms with Gasteiger partial charge >= 0.3 is 0 Å². The molecule has 1 saturated carbocycles. The van der Waals surface area contributed by atoms with Gasteiger partial charge in [-0.3, -0.25) is 9.69 Å². The second-order valence-corrected chi connectivity index (χ2v) is 5.34. The lowest BCUT2D eigenvalue weighted by atomic mass is 10.1. The number of primary amides is 1. The molecule has 0 aliphatic heterocycles. The summed E-state index contributed by atoms with van der Waals surface area (Å²) in [6.45, 7) is 2.89. The van der Waals surface area contributed by atoms with E-state index in [0.717, 1.165) is 13.0 Å². The van der Waals surface area contributed by atoms with Gasteiger partial charge < -0.3 is 5.73 Å². The molecule has 1 heterocycles. The van der Waals surface area contributed by atoms with Crippen LogP contribution in [0.4, 0.5) is 0 Å². The fourth-order valence-corrected chi connectivity index (χ4v) is 2.79. The van der Waals surface area contributed by atoms with Crippen molar-refractivity contribution in [3.63, 3.8) is 0 Å². The maximum atomic E-state index is 11.4. The van der Waals surface area contributed by atoms with Crippen molar-refractivity contribution < 1.29 is 4.79 Å². The molecule has 0 bridgehead atoms. The van der Waals surface area contributed by atoms with Crippen LogP contribution in [-0.2, 0) is 11.3 Å². The average molecular weight is 238 g/mol. The van der Waals surface area contributed by atoms with Crippen LogP contribution in [0.1, 0.15) is 31.1 Å². The maximum Gasteiger partial charge on any atom is 0.234 e. The van der Waals surface area contributed by atoms with E-state index in [1.807, 2.05) is 6.92 Å². The number of rotatable bonds is 6. The van der Waals surface area contributed by atoms with E-state index >= 15 is 0 Å². The molecule has 0 aromatic carbocycles. The number of nitrogens with zero attached hydrogens (tertiary/aromatic N) is 1. The van der Waals surface area contributed by atoms with Crippen molar-refractivity contribution in [2.24, 2.45) is 5.73 Å². The molecule has 2 rings (SSSR count). The van der Waals surface area contributed by atoms with Crippen LogP contribution in [0.25, 0.3) is 0 Å². The fraction of sp³-hybridized carbons (Fsp3) is 0.583. The van der Waals surface area contributed by atoms with Crippen LogP contribution in [0, 0.1) is 0 Å². The number of carbonyl (C=O) groups excluding carboxylic acids is 1. The average Bonchev–Trinajstić information content (AvgIpc) is 2.96. The van der Waals surface area contributed by atoms with Gasteiger partial charge in [0, 0.05) is 17.5 Å². The minimum atomic E-state index is -0.189. The van der Waals surface area contributed by atoms with Gasteiger partial charge in [0.05, 0.1) is 6.04 Å². The molecule has 2 N–H and O–H groups in total. The Morgan fingerprint density at radius 1 is 1.69 bits per heavy atom. The molecule has 1 unspecified atom stereocenters. The SMILES string of the molecule is CCC(C(N)=O)N(Cc1cccs1)C1CC1. The molecule has 1 atom stereocenters. The second kappa shape index (κ2) is 4.97. The van der Waals surface area contributed by atoms with Gasteiger partial charge in [0.25, 0.3) is 0 Å². The van der Waals surface area contributed by atoms with Crippen LogP contribution in [-0.4, -0.2) is 22.9 Å². The molecule has 16 heavy (non-hydrogen) atoms. The predicted octanol–water partition coefficient (Wildman–Crippen LogP) is 1.98. The zero-order valence-corrected chi connectivity index (χ0v) is 10.4. The molecule has 1 aliphatic carbocycles. The van der Waals surface area contributed by atoms with Crippen molar-refractivity contribution in [1.82, 2.24) is 4.90 Å². The lowest BCUT2D eigenvalue weighted by Crippen LogP contribution is -2.45. The Bertz CT molecular complexity index is 346. The van der Waals surface area contributed by atoms with Crippen LogP contribution in [0.5, 0.6) is 0 Å². The Morgan fingerprint density at radius 2 is 2.44 bits per heavy atom. The molecule has 1 fully saturated rings. The number of amides is 1. The largest absolute Gasteiger partial charge is 0.368 e. The zero-order valence-electron chi connectivity index (χ0n) is 9.56. The lowest BCUT2D eigenvalue weighted by Gasteiger charge is -2.28. The van der Waals surface area contributed by atoms with E-state index in [-0.39, 0.29) is 11.9 Å². The Balaban J connectivity index is 2.07. The van der Waals surface area contributed by atoms with Crippen LogP contribution in [0.2, 0.25) is 0 Å². The fourth-order valence-electron chi connectivity index (χ4n) is 2.08. The summed E-state index contributed by atoms with van der Waals surface area (Å²) in [5.74, 6) is -0.189. The van der Waals surface area contributed by atoms with Crippen molar-refractivity contribution in [2.75, 3.05) is 0 Å². The molecular weight excluding hydrogens is 220 g/mol. The first-order chi connectivity index (χ1) is 7.72. The summed E-state index contributed by atoms with van der Waals surface area (Å²) < 4.78 is 0. The van der Waals surface area contributed by atoms with Crippen LogP contribution in [0.3, 0.4) is 0 Å². The molecule has 1 aromatic heterocycles. The van der Waals surface area contributed by atoms with Gasteiger partial charge in [-0.2, -0.15) is 0 Å². The van der Waals surface area contributed by atoms with E-state index in [1.54, 1.807) is 11.3 Å². The molecule has 1 aromatic rings. The van der Waals surface area contributed by atoms with Crippen molar-refractivity contribution in [2.45, 2.75) is 44.8 Å². The Kier molecular flexibility index (Phi) is 3.61. The van der Waals surface area contributed by atoms with Crippen molar-refractivity contribution in [3.8, 4) is 0 Å². The first kappa shape index (κ1) is 11.6. The number of hydrogen-bond acceptors (Lipinski definition) is 3. The standard InChI is InChI=1S/C12H18N2OS/c1-2-11(12(13)15)14(9-5-6-9)8-10-4-3-7-16-10/h3-4,7,9,11H,2,5-6,8H2,1H3,(H2,13,15). The summed E-state index contributed by atoms with van der Waals surface area (Å²) in [5, 5.41) is 2.08. The Labute approximate surface area is 100 Å². The van der Waals surface area contributed by atoms with Crippen LogP contribution >= 0.6 is 11.3 Å². The van der Waals surface area contributed by atoms with Gasteiger partial charge in [-0.15, -0.1) is 11.3 Å². The van der Waals surface area contributed by atoms with Gasteiger partial charge in [0.1, 0.15) is 0 Å². The van der Waals surface area contributed by atoms with E-state index < -0.39 is 0 Å². The van der Waals surface area contributed by atoms with Gasteiger partial charge in [0.2, 0.25) is 5.91 Å². The zero-order chi connectivity index (χ0) is 11.5. The molecule has 88 valence electrons. The monoisotopic (exact) mass is 238 g/mol. The van der Waals surface area contributed by atoms with Crippen molar-refractivity contribution in [3.05, 3.63) is 22.4 Å². The van der Waals surface area contributed by atoms with Gasteiger partial charge in [-0.25, -0.2) is 0 Å². The smallest absolute Gasteiger partial charge is 0.234 e. The summed E-state index contributed by atoms with van der Waals surface area (Å²) in [6, 6.07) is 4.64. The third kappa shape index (κ3) is 2.62. The number of carbonyl (C=O) groups is 1. The second-order valence-electron chi connectivity index (χ2n) is 4.31. The molecule has 3 nitrogen and oxygen atoms in total. The highest BCUT2D eigenvalue weighted by atomic mass is 32.1. The third-order valence-electron chi connectivity index (χ3n) is 3.05. The van der Waals surface area contributed by atoms with Crippen molar-refractivity contribution >= 4 is 17.2 Å². The van der Waals surface area contributed by atoms with E-state index in [0.29, 0.717) is 6.04 Å². The Morgan fingerprint density at radius 3 is 2.88 bits per heavy atom. The first-order valence-electron chi connectivity index (χ1n) is 5.79. The summed E-state index contributed by atoms with van der Waals surface area (Å²) in [4.78, 5) is 15.0. The molecule has 1 aliphatic rings. The lowest BCUT2D eigenvalue weighted by molar-refractivity contribution is -0.123. The topological polar surface area (TPSA) is 46.3 Å². The first-order valence-corrected chi connectivity index (χ1v) is 6.67. The molecule has 4 heteroatoms. The number of thiophene rings is 1. The number of hydrogen-bond donors (Lipinski definition) is 1.